The molecule has 18 heavy (non-hydrogen) atoms. The predicted molar refractivity (Wildman–Crippen MR) is 71.6 cm³/mol. The molecule has 2 rings (SSSR count). The van der Waals surface area contributed by atoms with Gasteiger partial charge in [-0.1, -0.05) is 13.8 Å². The van der Waals surface area contributed by atoms with Gasteiger partial charge in [0.05, 0.1) is 0 Å². The van der Waals surface area contributed by atoms with Gasteiger partial charge in [0.2, 0.25) is 0 Å². The maximum absolute atomic E-state index is 10.9. The fourth-order valence-electron chi connectivity index (χ4n) is 3.53. The quantitative estimate of drug-likeness (QED) is 0.782. The minimum atomic E-state index is -0.654. The van der Waals surface area contributed by atoms with Crippen LogP contribution in [-0.2, 0) is 4.79 Å². The van der Waals surface area contributed by atoms with Gasteiger partial charge in [-0.05, 0) is 37.6 Å². The summed E-state index contributed by atoms with van der Waals surface area (Å²) in [4.78, 5) is 13.5. The molecule has 4 atom stereocenters. The molecule has 0 amide bonds. The maximum Gasteiger partial charge on any atom is 0.303 e. The molecule has 0 aromatic rings. The molecule has 1 aliphatic carbocycles. The smallest absolute Gasteiger partial charge is 0.303 e. The van der Waals surface area contributed by atoms with Crippen molar-refractivity contribution in [2.45, 2.75) is 51.6 Å². The van der Waals surface area contributed by atoms with E-state index < -0.39 is 5.97 Å². The van der Waals surface area contributed by atoms with E-state index in [0.29, 0.717) is 24.4 Å². The van der Waals surface area contributed by atoms with Crippen LogP contribution < -0.4 is 5.32 Å². The number of hydrogen-bond donors (Lipinski definition) is 2. The van der Waals surface area contributed by atoms with Crippen molar-refractivity contribution in [1.29, 1.82) is 0 Å². The van der Waals surface area contributed by atoms with Crippen LogP contribution in [0.4, 0.5) is 0 Å². The third-order valence-electron chi connectivity index (χ3n) is 4.57. The molecule has 0 radical (unpaired) electrons. The minimum absolute atomic E-state index is 0.313. The Hall–Kier alpha value is -0.610. The average Bonchev–Trinajstić information content (AvgIpc) is 2.26. The number of rotatable bonds is 5. The van der Waals surface area contributed by atoms with E-state index in [0.717, 1.165) is 32.0 Å². The van der Waals surface area contributed by atoms with Crippen LogP contribution in [0.25, 0.3) is 0 Å². The summed E-state index contributed by atoms with van der Waals surface area (Å²) in [6.45, 7) is 7.48. The van der Waals surface area contributed by atoms with E-state index in [2.05, 4.69) is 24.1 Å². The van der Waals surface area contributed by atoms with E-state index in [1.165, 1.54) is 12.8 Å². The second-order valence-corrected chi connectivity index (χ2v) is 6.03. The number of carboxylic acids is 1. The highest BCUT2D eigenvalue weighted by atomic mass is 16.4. The third-order valence-corrected chi connectivity index (χ3v) is 4.57. The van der Waals surface area contributed by atoms with Crippen LogP contribution in [0.5, 0.6) is 0 Å². The second kappa shape index (κ2) is 6.02. The second-order valence-electron chi connectivity index (χ2n) is 6.03. The lowest BCUT2D eigenvalue weighted by molar-refractivity contribution is -0.138. The molecule has 1 saturated heterocycles. The molecule has 1 aliphatic heterocycles. The molecule has 2 fully saturated rings. The third kappa shape index (κ3) is 3.23. The lowest BCUT2D eigenvalue weighted by Crippen LogP contribution is -2.56. The summed E-state index contributed by atoms with van der Waals surface area (Å²) in [7, 11) is 0. The summed E-state index contributed by atoms with van der Waals surface area (Å²) in [5.74, 6) is 0.447. The number of carbonyl (C=O) groups is 1. The van der Waals surface area contributed by atoms with Crippen molar-refractivity contribution in [1.82, 2.24) is 10.2 Å². The highest BCUT2D eigenvalue weighted by Crippen LogP contribution is 2.34. The van der Waals surface area contributed by atoms with Gasteiger partial charge in [0.15, 0.2) is 0 Å². The van der Waals surface area contributed by atoms with Gasteiger partial charge < -0.3 is 10.4 Å². The van der Waals surface area contributed by atoms with Crippen molar-refractivity contribution in [3.05, 3.63) is 0 Å². The molecule has 0 aromatic heterocycles. The topological polar surface area (TPSA) is 52.6 Å². The number of piperidine rings is 1. The Bertz CT molecular complexity index is 296. The SMILES string of the molecule is CCNC1CC(CC(=O)O)CN(C2CCC2C)C1. The summed E-state index contributed by atoms with van der Waals surface area (Å²) in [5.41, 5.74) is 0. The van der Waals surface area contributed by atoms with Gasteiger partial charge >= 0.3 is 5.97 Å². The van der Waals surface area contributed by atoms with Gasteiger partial charge in [-0.25, -0.2) is 0 Å². The van der Waals surface area contributed by atoms with Crippen LogP contribution in [-0.4, -0.2) is 47.7 Å². The fourth-order valence-corrected chi connectivity index (χ4v) is 3.53. The van der Waals surface area contributed by atoms with Crippen LogP contribution in [0, 0.1) is 11.8 Å². The molecule has 0 spiro atoms. The van der Waals surface area contributed by atoms with Crippen molar-refractivity contribution >= 4 is 5.97 Å². The van der Waals surface area contributed by atoms with Gasteiger partial charge in [0.1, 0.15) is 0 Å². The van der Waals surface area contributed by atoms with Crippen molar-refractivity contribution in [2.75, 3.05) is 19.6 Å². The number of hydrogen-bond acceptors (Lipinski definition) is 3. The van der Waals surface area contributed by atoms with E-state index in [9.17, 15) is 4.79 Å². The van der Waals surface area contributed by atoms with Crippen molar-refractivity contribution < 1.29 is 9.90 Å². The molecular formula is C14H26N2O2. The van der Waals surface area contributed by atoms with Crippen molar-refractivity contribution in [3.8, 4) is 0 Å². The van der Waals surface area contributed by atoms with Gasteiger partial charge in [0, 0.05) is 31.6 Å². The maximum atomic E-state index is 10.9. The van der Waals surface area contributed by atoms with Crippen LogP contribution >= 0.6 is 0 Å². The molecule has 0 bridgehead atoms. The molecule has 1 heterocycles. The summed E-state index contributed by atoms with van der Waals surface area (Å²) in [6, 6.07) is 1.17. The largest absolute Gasteiger partial charge is 0.481 e. The first-order valence-corrected chi connectivity index (χ1v) is 7.29. The normalized spacial score (nSPS) is 37.2. The van der Waals surface area contributed by atoms with E-state index in [-0.39, 0.29) is 0 Å². The fraction of sp³-hybridized carbons (Fsp3) is 0.929. The summed E-state index contributed by atoms with van der Waals surface area (Å²) < 4.78 is 0. The van der Waals surface area contributed by atoms with Crippen LogP contribution in [0.1, 0.15) is 39.5 Å². The Labute approximate surface area is 110 Å². The van der Waals surface area contributed by atoms with Gasteiger partial charge in [-0.2, -0.15) is 0 Å². The highest BCUT2D eigenvalue weighted by Gasteiger charge is 2.37. The first kappa shape index (κ1) is 13.8. The summed E-state index contributed by atoms with van der Waals surface area (Å²) in [5, 5.41) is 12.5. The molecule has 0 aromatic carbocycles. The van der Waals surface area contributed by atoms with Crippen LogP contribution in [0.3, 0.4) is 0 Å². The Balaban J connectivity index is 1.94. The number of carboxylic acid groups (broad SMARTS) is 1. The molecule has 4 unspecified atom stereocenters. The van der Waals surface area contributed by atoms with E-state index in [1.807, 2.05) is 0 Å². The Morgan fingerprint density at radius 3 is 2.67 bits per heavy atom. The van der Waals surface area contributed by atoms with E-state index in [1.54, 1.807) is 0 Å². The molecule has 4 heteroatoms. The first-order valence-electron chi connectivity index (χ1n) is 7.29. The molecular weight excluding hydrogens is 228 g/mol. The Morgan fingerprint density at radius 1 is 1.39 bits per heavy atom. The lowest BCUT2D eigenvalue weighted by atomic mass is 9.78. The molecule has 2 N–H and O–H groups in total. The highest BCUT2D eigenvalue weighted by molar-refractivity contribution is 5.67. The van der Waals surface area contributed by atoms with Crippen LogP contribution in [0.15, 0.2) is 0 Å². The molecule has 4 nitrogen and oxygen atoms in total. The number of likely N-dealkylation sites (N-methyl/N-ethyl adjacent to an activating group) is 1. The van der Waals surface area contributed by atoms with Gasteiger partial charge in [-0.15, -0.1) is 0 Å². The van der Waals surface area contributed by atoms with Crippen molar-refractivity contribution in [2.24, 2.45) is 11.8 Å². The number of aliphatic carboxylic acids is 1. The monoisotopic (exact) mass is 254 g/mol. The number of likely N-dealkylation sites (tertiary alicyclic amines) is 1. The zero-order valence-electron chi connectivity index (χ0n) is 11.6. The average molecular weight is 254 g/mol. The first-order chi connectivity index (χ1) is 8.60. The van der Waals surface area contributed by atoms with E-state index >= 15 is 0 Å². The summed E-state index contributed by atoms with van der Waals surface area (Å²) >= 11 is 0. The predicted octanol–water partition coefficient (Wildman–Crippen LogP) is 1.56. The molecule has 1 saturated carbocycles. The Morgan fingerprint density at radius 2 is 2.17 bits per heavy atom. The van der Waals surface area contributed by atoms with Gasteiger partial charge in [0.25, 0.3) is 0 Å². The van der Waals surface area contributed by atoms with Crippen molar-refractivity contribution in [3.63, 3.8) is 0 Å². The van der Waals surface area contributed by atoms with E-state index in [4.69, 9.17) is 5.11 Å². The molecule has 104 valence electrons. The zero-order valence-corrected chi connectivity index (χ0v) is 11.6. The minimum Gasteiger partial charge on any atom is -0.481 e. The van der Waals surface area contributed by atoms with Gasteiger partial charge in [-0.3, -0.25) is 9.69 Å². The standard InChI is InChI=1S/C14H26N2O2/c1-3-15-12-6-11(7-14(17)18)8-16(9-12)13-5-4-10(13)2/h10-13,15H,3-9H2,1-2H3,(H,17,18). The lowest BCUT2D eigenvalue weighted by Gasteiger charge is -2.48. The summed E-state index contributed by atoms with van der Waals surface area (Å²) in [6.07, 6.45) is 3.95. The van der Waals surface area contributed by atoms with Crippen LogP contribution in [0.2, 0.25) is 0 Å². The molecule has 2 aliphatic rings. The Kier molecular flexibility index (Phi) is 4.62. The number of nitrogens with zero attached hydrogens (tertiary/aromatic N) is 1. The zero-order chi connectivity index (χ0) is 13.1. The number of nitrogens with one attached hydrogen (secondary N) is 1.